The lowest BCUT2D eigenvalue weighted by atomic mass is 10.1. The summed E-state index contributed by atoms with van der Waals surface area (Å²) in [7, 11) is 0. The lowest BCUT2D eigenvalue weighted by molar-refractivity contribution is 0.0698. The Morgan fingerprint density at radius 3 is 2.84 bits per heavy atom. The van der Waals surface area contributed by atoms with Crippen LogP contribution < -0.4 is 5.32 Å². The number of hydrogen-bond donors (Lipinski definition) is 2. The van der Waals surface area contributed by atoms with E-state index in [4.69, 9.17) is 5.11 Å². The van der Waals surface area contributed by atoms with Crippen molar-refractivity contribution in [2.45, 2.75) is 6.42 Å². The highest BCUT2D eigenvalue weighted by Gasteiger charge is 2.09. The number of carboxylic acids is 1. The smallest absolute Gasteiger partial charge is 0.337 e. The summed E-state index contributed by atoms with van der Waals surface area (Å²) in [5.74, 6) is -0.937. The molecule has 2 N–H and O–H groups in total. The standard InChI is InChI=1S/C14H13BrN2O2/c15-10-4-5-12(14(18)19)13(9-10)17-8-6-11-3-1-2-7-16-11/h1-5,7,9,17H,6,8H2,(H,18,19). The van der Waals surface area contributed by atoms with Crippen molar-refractivity contribution in [3.05, 3.63) is 58.3 Å². The predicted octanol–water partition coefficient (Wildman–Crippen LogP) is 3.20. The van der Waals surface area contributed by atoms with Crippen molar-refractivity contribution < 1.29 is 9.90 Å². The van der Waals surface area contributed by atoms with Gasteiger partial charge >= 0.3 is 5.97 Å². The summed E-state index contributed by atoms with van der Waals surface area (Å²) < 4.78 is 0.845. The van der Waals surface area contributed by atoms with Gasteiger partial charge in [-0.1, -0.05) is 22.0 Å². The number of aromatic carboxylic acids is 1. The molecule has 98 valence electrons. The monoisotopic (exact) mass is 320 g/mol. The number of rotatable bonds is 5. The maximum absolute atomic E-state index is 11.1. The van der Waals surface area contributed by atoms with E-state index in [0.29, 0.717) is 12.2 Å². The van der Waals surface area contributed by atoms with Gasteiger partial charge in [0.1, 0.15) is 0 Å². The average molecular weight is 321 g/mol. The zero-order chi connectivity index (χ0) is 13.7. The first-order chi connectivity index (χ1) is 9.16. The largest absolute Gasteiger partial charge is 0.478 e. The summed E-state index contributed by atoms with van der Waals surface area (Å²) >= 11 is 3.34. The van der Waals surface area contributed by atoms with E-state index in [1.165, 1.54) is 0 Å². The quantitative estimate of drug-likeness (QED) is 0.888. The van der Waals surface area contributed by atoms with Gasteiger partial charge in [0.15, 0.2) is 0 Å². The first-order valence-electron chi connectivity index (χ1n) is 5.83. The van der Waals surface area contributed by atoms with E-state index in [9.17, 15) is 4.79 Å². The minimum Gasteiger partial charge on any atom is -0.478 e. The second-order valence-corrected chi connectivity index (χ2v) is 4.91. The van der Waals surface area contributed by atoms with E-state index in [0.717, 1.165) is 16.6 Å². The number of pyridine rings is 1. The summed E-state index contributed by atoms with van der Waals surface area (Å²) in [5, 5.41) is 12.2. The number of anilines is 1. The fourth-order valence-electron chi connectivity index (χ4n) is 1.72. The Balaban J connectivity index is 2.03. The maximum Gasteiger partial charge on any atom is 0.337 e. The minimum absolute atomic E-state index is 0.268. The summed E-state index contributed by atoms with van der Waals surface area (Å²) in [6.07, 6.45) is 2.49. The molecule has 19 heavy (non-hydrogen) atoms. The van der Waals surface area contributed by atoms with E-state index >= 15 is 0 Å². The van der Waals surface area contributed by atoms with Gasteiger partial charge in [-0.05, 0) is 30.3 Å². The predicted molar refractivity (Wildman–Crippen MR) is 77.5 cm³/mol. The van der Waals surface area contributed by atoms with E-state index in [1.807, 2.05) is 18.2 Å². The van der Waals surface area contributed by atoms with Crippen molar-refractivity contribution in [1.29, 1.82) is 0 Å². The highest BCUT2D eigenvalue weighted by molar-refractivity contribution is 9.10. The number of halogens is 1. The molecule has 0 radical (unpaired) electrons. The molecule has 2 aromatic rings. The second-order valence-electron chi connectivity index (χ2n) is 3.99. The zero-order valence-corrected chi connectivity index (χ0v) is 11.7. The van der Waals surface area contributed by atoms with E-state index in [1.54, 1.807) is 24.4 Å². The Bertz CT molecular complexity index is 573. The van der Waals surface area contributed by atoms with Crippen molar-refractivity contribution in [1.82, 2.24) is 4.98 Å². The van der Waals surface area contributed by atoms with Crippen LogP contribution in [-0.2, 0) is 6.42 Å². The molecule has 0 saturated heterocycles. The maximum atomic E-state index is 11.1. The average Bonchev–Trinajstić information content (AvgIpc) is 2.39. The Morgan fingerprint density at radius 1 is 1.32 bits per heavy atom. The van der Waals surface area contributed by atoms with Crippen LogP contribution in [0.2, 0.25) is 0 Å². The van der Waals surface area contributed by atoms with Crippen LogP contribution in [0.5, 0.6) is 0 Å². The number of carboxylic acid groups (broad SMARTS) is 1. The van der Waals surface area contributed by atoms with Crippen molar-refractivity contribution in [3.8, 4) is 0 Å². The highest BCUT2D eigenvalue weighted by atomic mass is 79.9. The Morgan fingerprint density at radius 2 is 2.16 bits per heavy atom. The highest BCUT2D eigenvalue weighted by Crippen LogP contribution is 2.21. The molecule has 0 aliphatic carbocycles. The van der Waals surface area contributed by atoms with Gasteiger partial charge in [-0.25, -0.2) is 4.79 Å². The van der Waals surface area contributed by atoms with Gasteiger partial charge in [-0.15, -0.1) is 0 Å². The molecular weight excluding hydrogens is 308 g/mol. The van der Waals surface area contributed by atoms with Gasteiger partial charge in [-0.3, -0.25) is 4.98 Å². The van der Waals surface area contributed by atoms with Crippen LogP contribution >= 0.6 is 15.9 Å². The molecular formula is C14H13BrN2O2. The Kier molecular flexibility index (Phi) is 4.52. The third kappa shape index (κ3) is 3.79. The molecule has 2 rings (SSSR count). The van der Waals surface area contributed by atoms with Gasteiger partial charge in [0.25, 0.3) is 0 Å². The van der Waals surface area contributed by atoms with Crippen LogP contribution in [0.15, 0.2) is 47.1 Å². The van der Waals surface area contributed by atoms with Gasteiger partial charge in [0.05, 0.1) is 5.56 Å². The summed E-state index contributed by atoms with van der Waals surface area (Å²) in [4.78, 5) is 15.3. The molecule has 0 bridgehead atoms. The van der Waals surface area contributed by atoms with Crippen LogP contribution in [0.25, 0.3) is 0 Å². The number of nitrogens with one attached hydrogen (secondary N) is 1. The second kappa shape index (κ2) is 6.33. The Hall–Kier alpha value is -1.88. The SMILES string of the molecule is O=C(O)c1ccc(Br)cc1NCCc1ccccn1. The van der Waals surface area contributed by atoms with Gasteiger partial charge in [-0.2, -0.15) is 0 Å². The molecule has 0 amide bonds. The van der Waals surface area contributed by atoms with E-state index < -0.39 is 5.97 Å². The lowest BCUT2D eigenvalue weighted by Gasteiger charge is -2.09. The number of carbonyl (C=O) groups is 1. The summed E-state index contributed by atoms with van der Waals surface area (Å²) in [6, 6.07) is 10.8. The molecule has 1 heterocycles. The van der Waals surface area contributed by atoms with E-state index in [2.05, 4.69) is 26.2 Å². The van der Waals surface area contributed by atoms with Crippen molar-refractivity contribution in [2.75, 3.05) is 11.9 Å². The van der Waals surface area contributed by atoms with Crippen molar-refractivity contribution in [3.63, 3.8) is 0 Å². The molecule has 5 heteroatoms. The van der Waals surface area contributed by atoms with Crippen LogP contribution in [0, 0.1) is 0 Å². The van der Waals surface area contributed by atoms with Gasteiger partial charge in [0, 0.05) is 35.0 Å². The number of hydrogen-bond acceptors (Lipinski definition) is 3. The van der Waals surface area contributed by atoms with Crippen LogP contribution in [0.4, 0.5) is 5.69 Å². The van der Waals surface area contributed by atoms with Gasteiger partial charge in [0.2, 0.25) is 0 Å². The third-order valence-electron chi connectivity index (χ3n) is 2.63. The fraction of sp³-hybridized carbons (Fsp3) is 0.143. The van der Waals surface area contributed by atoms with Crippen LogP contribution in [0.1, 0.15) is 16.1 Å². The van der Waals surface area contributed by atoms with E-state index in [-0.39, 0.29) is 5.56 Å². The molecule has 4 nitrogen and oxygen atoms in total. The number of aromatic nitrogens is 1. The lowest BCUT2D eigenvalue weighted by Crippen LogP contribution is -2.10. The molecule has 0 atom stereocenters. The first kappa shape index (κ1) is 13.5. The molecule has 0 aliphatic rings. The number of nitrogens with zero attached hydrogens (tertiary/aromatic N) is 1. The topological polar surface area (TPSA) is 62.2 Å². The summed E-state index contributed by atoms with van der Waals surface area (Å²) in [5.41, 5.74) is 1.85. The Labute approximate surface area is 119 Å². The zero-order valence-electron chi connectivity index (χ0n) is 10.1. The normalized spacial score (nSPS) is 10.2. The van der Waals surface area contributed by atoms with Crippen molar-refractivity contribution >= 4 is 27.6 Å². The minimum atomic E-state index is -0.937. The van der Waals surface area contributed by atoms with Crippen LogP contribution in [-0.4, -0.2) is 22.6 Å². The molecule has 0 saturated carbocycles. The molecule has 0 fully saturated rings. The summed E-state index contributed by atoms with van der Waals surface area (Å²) in [6.45, 7) is 0.633. The number of benzene rings is 1. The molecule has 1 aromatic heterocycles. The third-order valence-corrected chi connectivity index (χ3v) is 3.13. The van der Waals surface area contributed by atoms with Crippen molar-refractivity contribution in [2.24, 2.45) is 0 Å². The van der Waals surface area contributed by atoms with Crippen LogP contribution in [0.3, 0.4) is 0 Å². The molecule has 0 spiro atoms. The molecule has 0 aliphatic heterocycles. The molecule has 0 unspecified atom stereocenters. The fourth-order valence-corrected chi connectivity index (χ4v) is 2.08. The molecule has 1 aromatic carbocycles. The first-order valence-corrected chi connectivity index (χ1v) is 6.63. The van der Waals surface area contributed by atoms with Gasteiger partial charge < -0.3 is 10.4 Å².